The van der Waals surface area contributed by atoms with Gasteiger partial charge in [-0.05, 0) is 38.5 Å². The Morgan fingerprint density at radius 3 is 2.45 bits per heavy atom. The molecule has 1 saturated heterocycles. The number of amides is 1. The van der Waals surface area contributed by atoms with Crippen LogP contribution in [-0.4, -0.2) is 47.7 Å². The Balaban J connectivity index is 1.86. The van der Waals surface area contributed by atoms with E-state index in [1.54, 1.807) is 11.0 Å². The van der Waals surface area contributed by atoms with E-state index in [1.165, 1.54) is 12.1 Å². The Morgan fingerprint density at radius 1 is 1.27 bits per heavy atom. The molecule has 0 spiro atoms. The molecule has 0 aromatic heterocycles. The van der Waals surface area contributed by atoms with Gasteiger partial charge in [0, 0.05) is 38.4 Å². The quantitative estimate of drug-likeness (QED) is 0.853. The van der Waals surface area contributed by atoms with Gasteiger partial charge in [-0.2, -0.15) is 0 Å². The van der Waals surface area contributed by atoms with Crippen molar-refractivity contribution >= 4 is 11.8 Å². The fourth-order valence-corrected chi connectivity index (χ4v) is 2.37. The fraction of sp³-hybridized carbons (Fsp3) is 0.562. The molecule has 1 fully saturated rings. The summed E-state index contributed by atoms with van der Waals surface area (Å²) >= 11 is 0. The number of hydrogen-bond donors (Lipinski definition) is 1. The molecule has 1 aliphatic heterocycles. The van der Waals surface area contributed by atoms with Gasteiger partial charge in [0.1, 0.15) is 11.4 Å². The Kier molecular flexibility index (Phi) is 4.90. The van der Waals surface area contributed by atoms with Gasteiger partial charge in [0.2, 0.25) is 0 Å². The molecule has 6 heteroatoms. The second kappa shape index (κ2) is 6.52. The highest BCUT2D eigenvalue weighted by molar-refractivity contribution is 5.68. The van der Waals surface area contributed by atoms with Gasteiger partial charge in [-0.25, -0.2) is 9.18 Å². The van der Waals surface area contributed by atoms with Gasteiger partial charge >= 0.3 is 6.09 Å². The first-order chi connectivity index (χ1) is 10.2. The number of nitrogens with two attached hydrogens (primary N) is 1. The van der Waals surface area contributed by atoms with Crippen LogP contribution < -0.4 is 5.73 Å². The van der Waals surface area contributed by atoms with Gasteiger partial charge < -0.3 is 15.4 Å². The zero-order chi connectivity index (χ0) is 16.3. The van der Waals surface area contributed by atoms with E-state index >= 15 is 0 Å². The molecule has 22 heavy (non-hydrogen) atoms. The molecular formula is C16H24FN3O2. The average Bonchev–Trinajstić information content (AvgIpc) is 2.41. The molecular weight excluding hydrogens is 285 g/mol. The number of ether oxygens (including phenoxy) is 1. The second-order valence-corrected chi connectivity index (χ2v) is 6.59. The van der Waals surface area contributed by atoms with E-state index < -0.39 is 5.60 Å². The normalized spacial score (nSPS) is 16.6. The summed E-state index contributed by atoms with van der Waals surface area (Å²) in [5, 5.41) is 0. The summed E-state index contributed by atoms with van der Waals surface area (Å²) < 4.78 is 18.4. The fourth-order valence-electron chi connectivity index (χ4n) is 2.37. The molecule has 0 radical (unpaired) electrons. The van der Waals surface area contributed by atoms with Crippen molar-refractivity contribution in [3.8, 4) is 0 Å². The van der Waals surface area contributed by atoms with Crippen molar-refractivity contribution < 1.29 is 13.9 Å². The summed E-state index contributed by atoms with van der Waals surface area (Å²) in [6, 6.07) is 4.47. The van der Waals surface area contributed by atoms with Crippen LogP contribution in [0.25, 0.3) is 0 Å². The molecule has 0 saturated carbocycles. The zero-order valence-electron chi connectivity index (χ0n) is 13.4. The molecule has 1 aromatic carbocycles. The Labute approximate surface area is 130 Å². The van der Waals surface area contributed by atoms with Crippen LogP contribution in [0.5, 0.6) is 0 Å². The number of carbonyl (C=O) groups excluding carboxylic acids is 1. The van der Waals surface area contributed by atoms with E-state index in [9.17, 15) is 9.18 Å². The average molecular weight is 309 g/mol. The van der Waals surface area contributed by atoms with Crippen LogP contribution in [0.15, 0.2) is 18.2 Å². The molecule has 0 atom stereocenters. The summed E-state index contributed by atoms with van der Waals surface area (Å²) in [5.74, 6) is -0.323. The van der Waals surface area contributed by atoms with Crippen molar-refractivity contribution in [3.63, 3.8) is 0 Å². The Bertz CT molecular complexity index is 535. The van der Waals surface area contributed by atoms with Crippen LogP contribution in [0.2, 0.25) is 0 Å². The third-order valence-corrected chi connectivity index (χ3v) is 3.53. The van der Waals surface area contributed by atoms with Crippen molar-refractivity contribution in [3.05, 3.63) is 29.6 Å². The van der Waals surface area contributed by atoms with Crippen LogP contribution >= 0.6 is 0 Å². The highest BCUT2D eigenvalue weighted by atomic mass is 19.1. The highest BCUT2D eigenvalue weighted by Gasteiger charge is 2.25. The van der Waals surface area contributed by atoms with E-state index in [2.05, 4.69) is 4.90 Å². The van der Waals surface area contributed by atoms with Gasteiger partial charge in [-0.15, -0.1) is 0 Å². The van der Waals surface area contributed by atoms with Gasteiger partial charge in [0.15, 0.2) is 0 Å². The number of piperazine rings is 1. The summed E-state index contributed by atoms with van der Waals surface area (Å²) in [6.07, 6.45) is -0.270. The summed E-state index contributed by atoms with van der Waals surface area (Å²) in [7, 11) is 0. The molecule has 122 valence electrons. The molecule has 0 aliphatic carbocycles. The van der Waals surface area contributed by atoms with Gasteiger partial charge in [0.05, 0.1) is 0 Å². The Morgan fingerprint density at radius 2 is 1.91 bits per heavy atom. The largest absolute Gasteiger partial charge is 0.444 e. The van der Waals surface area contributed by atoms with Crippen molar-refractivity contribution in [2.75, 3.05) is 31.9 Å². The van der Waals surface area contributed by atoms with Crippen molar-refractivity contribution in [1.29, 1.82) is 0 Å². The molecule has 0 bridgehead atoms. The lowest BCUT2D eigenvalue weighted by Crippen LogP contribution is -2.49. The minimum atomic E-state index is -0.475. The topological polar surface area (TPSA) is 58.8 Å². The maximum Gasteiger partial charge on any atom is 0.410 e. The van der Waals surface area contributed by atoms with Crippen LogP contribution in [0.3, 0.4) is 0 Å². The molecule has 1 aliphatic rings. The number of hydrogen-bond acceptors (Lipinski definition) is 4. The number of carbonyl (C=O) groups is 1. The number of nitrogen functional groups attached to an aromatic ring is 1. The monoisotopic (exact) mass is 309 g/mol. The van der Waals surface area contributed by atoms with E-state index in [1.807, 2.05) is 20.8 Å². The van der Waals surface area contributed by atoms with Crippen LogP contribution in [0, 0.1) is 5.82 Å². The molecule has 2 N–H and O–H groups in total. The SMILES string of the molecule is CC(C)(C)OC(=O)N1CCN(Cc2ccc(F)cc2N)CC1. The minimum absolute atomic E-state index is 0.270. The third kappa shape index (κ3) is 4.59. The zero-order valence-corrected chi connectivity index (χ0v) is 13.4. The van der Waals surface area contributed by atoms with Crippen LogP contribution in [-0.2, 0) is 11.3 Å². The number of halogens is 1. The molecule has 1 heterocycles. The number of rotatable bonds is 2. The van der Waals surface area contributed by atoms with Crippen LogP contribution in [0.1, 0.15) is 26.3 Å². The van der Waals surface area contributed by atoms with Gasteiger partial charge in [0.25, 0.3) is 0 Å². The molecule has 1 aromatic rings. The third-order valence-electron chi connectivity index (χ3n) is 3.53. The Hall–Kier alpha value is -1.82. The highest BCUT2D eigenvalue weighted by Crippen LogP contribution is 2.17. The van der Waals surface area contributed by atoms with Gasteiger partial charge in [-0.1, -0.05) is 6.07 Å². The first kappa shape index (κ1) is 16.5. The predicted octanol–water partition coefficient (Wildman–Crippen LogP) is 2.46. The maximum absolute atomic E-state index is 13.0. The van der Waals surface area contributed by atoms with Crippen LogP contribution in [0.4, 0.5) is 14.9 Å². The first-order valence-corrected chi connectivity index (χ1v) is 7.49. The number of nitrogens with zero attached hydrogens (tertiary/aromatic N) is 2. The minimum Gasteiger partial charge on any atom is -0.444 e. The van der Waals surface area contributed by atoms with E-state index in [0.29, 0.717) is 25.3 Å². The lowest BCUT2D eigenvalue weighted by atomic mass is 10.1. The van der Waals surface area contributed by atoms with Gasteiger partial charge in [-0.3, -0.25) is 4.90 Å². The van der Waals surface area contributed by atoms with E-state index in [0.717, 1.165) is 18.7 Å². The number of anilines is 1. The second-order valence-electron chi connectivity index (χ2n) is 6.59. The van der Waals surface area contributed by atoms with Crippen molar-refractivity contribution in [2.45, 2.75) is 32.9 Å². The molecule has 5 nitrogen and oxygen atoms in total. The molecule has 0 unspecified atom stereocenters. The number of benzene rings is 1. The predicted molar refractivity (Wildman–Crippen MR) is 83.9 cm³/mol. The van der Waals surface area contributed by atoms with Crippen molar-refractivity contribution in [2.24, 2.45) is 0 Å². The van der Waals surface area contributed by atoms with E-state index in [4.69, 9.17) is 10.5 Å². The smallest absolute Gasteiger partial charge is 0.410 e. The summed E-state index contributed by atoms with van der Waals surface area (Å²) in [5.41, 5.74) is 6.73. The molecule has 2 rings (SSSR count). The summed E-state index contributed by atoms with van der Waals surface area (Å²) in [4.78, 5) is 15.9. The standard InChI is InChI=1S/C16H24FN3O2/c1-16(2,3)22-15(21)20-8-6-19(7-9-20)11-12-4-5-13(17)10-14(12)18/h4-5,10H,6-9,11,18H2,1-3H3. The lowest BCUT2D eigenvalue weighted by molar-refractivity contribution is 0.0139. The first-order valence-electron chi connectivity index (χ1n) is 7.49. The lowest BCUT2D eigenvalue weighted by Gasteiger charge is -2.35. The summed E-state index contributed by atoms with van der Waals surface area (Å²) in [6.45, 7) is 8.97. The van der Waals surface area contributed by atoms with E-state index in [-0.39, 0.29) is 11.9 Å². The maximum atomic E-state index is 13.0. The van der Waals surface area contributed by atoms with Crippen molar-refractivity contribution in [1.82, 2.24) is 9.80 Å². The molecule has 1 amide bonds.